The standard InChI is InChI=1S/C28H34FN5O4S/c1-18(2)17-38-22-14-20(13-21(29)15-22)24-12-11-23(27(32-24)31-16-19-7-4-3-5-8-19)28(35)34-39(36,37)26-10-6-9-25(30)33-26/h6,9-15,18-19H,3-5,7-8,16-17H2,1-2H3,(H2,30,33)(H,31,32)(H,34,35). The van der Waals surface area contributed by atoms with Crippen molar-refractivity contribution in [3.05, 3.63) is 59.9 Å². The third-order valence-electron chi connectivity index (χ3n) is 6.42. The molecule has 0 aliphatic heterocycles. The van der Waals surface area contributed by atoms with Gasteiger partial charge >= 0.3 is 0 Å². The molecular formula is C28H34FN5O4S. The van der Waals surface area contributed by atoms with E-state index in [-0.39, 0.29) is 28.1 Å². The molecule has 0 bridgehead atoms. The van der Waals surface area contributed by atoms with E-state index in [1.54, 1.807) is 12.1 Å². The lowest BCUT2D eigenvalue weighted by Gasteiger charge is -2.23. The van der Waals surface area contributed by atoms with Gasteiger partial charge in [0.25, 0.3) is 15.9 Å². The number of nitrogen functional groups attached to an aromatic ring is 1. The van der Waals surface area contributed by atoms with Gasteiger partial charge in [-0.1, -0.05) is 39.2 Å². The largest absolute Gasteiger partial charge is 0.493 e. The number of nitrogens with one attached hydrogen (secondary N) is 2. The highest BCUT2D eigenvalue weighted by atomic mass is 32.2. The van der Waals surface area contributed by atoms with Gasteiger partial charge in [0.15, 0.2) is 5.03 Å². The van der Waals surface area contributed by atoms with Crippen LogP contribution < -0.4 is 20.5 Å². The highest BCUT2D eigenvalue weighted by Crippen LogP contribution is 2.29. The number of carbonyl (C=O) groups is 1. The van der Waals surface area contributed by atoms with Crippen LogP contribution in [0.1, 0.15) is 56.3 Å². The second-order valence-electron chi connectivity index (χ2n) is 10.2. The van der Waals surface area contributed by atoms with Crippen molar-refractivity contribution in [3.63, 3.8) is 0 Å². The van der Waals surface area contributed by atoms with E-state index in [9.17, 15) is 17.6 Å². The van der Waals surface area contributed by atoms with Crippen LogP contribution in [0.2, 0.25) is 0 Å². The number of benzene rings is 1. The Kier molecular flexibility index (Phi) is 9.01. The van der Waals surface area contributed by atoms with Crippen molar-refractivity contribution in [1.82, 2.24) is 14.7 Å². The van der Waals surface area contributed by atoms with Crippen molar-refractivity contribution >= 4 is 27.6 Å². The van der Waals surface area contributed by atoms with Crippen molar-refractivity contribution in [1.29, 1.82) is 0 Å². The molecule has 208 valence electrons. The quantitative estimate of drug-likeness (QED) is 0.318. The van der Waals surface area contributed by atoms with Crippen molar-refractivity contribution in [2.45, 2.75) is 51.0 Å². The van der Waals surface area contributed by atoms with Gasteiger partial charge in [0.1, 0.15) is 23.2 Å². The Balaban J connectivity index is 1.65. The Bertz CT molecular complexity index is 1430. The fraction of sp³-hybridized carbons (Fsp3) is 0.393. The van der Waals surface area contributed by atoms with E-state index in [1.165, 1.54) is 42.8 Å². The number of hydrogen-bond donors (Lipinski definition) is 3. The number of sulfonamides is 1. The lowest BCUT2D eigenvalue weighted by Crippen LogP contribution is -2.32. The SMILES string of the molecule is CC(C)COc1cc(F)cc(-c2ccc(C(=O)NS(=O)(=O)c3cccc(N)n3)c(NCC3CCCCC3)n2)c1. The highest BCUT2D eigenvalue weighted by molar-refractivity contribution is 7.90. The van der Waals surface area contributed by atoms with Crippen LogP contribution in [0.3, 0.4) is 0 Å². The lowest BCUT2D eigenvalue weighted by atomic mass is 9.89. The van der Waals surface area contributed by atoms with E-state index < -0.39 is 21.7 Å². The average Bonchev–Trinajstić information content (AvgIpc) is 2.90. The minimum absolute atomic E-state index is 0.0121. The summed E-state index contributed by atoms with van der Waals surface area (Å²) >= 11 is 0. The summed E-state index contributed by atoms with van der Waals surface area (Å²) < 4.78 is 47.8. The maximum Gasteiger partial charge on any atom is 0.281 e. The molecule has 39 heavy (non-hydrogen) atoms. The van der Waals surface area contributed by atoms with Gasteiger partial charge in [-0.25, -0.2) is 19.1 Å². The summed E-state index contributed by atoms with van der Waals surface area (Å²) in [6, 6.07) is 11.5. The average molecular weight is 556 g/mol. The number of anilines is 2. The number of pyridine rings is 2. The number of nitrogens with two attached hydrogens (primary N) is 1. The summed E-state index contributed by atoms with van der Waals surface area (Å²) in [6.07, 6.45) is 5.60. The topological polar surface area (TPSA) is 136 Å². The van der Waals surface area contributed by atoms with Gasteiger partial charge < -0.3 is 15.8 Å². The molecule has 0 atom stereocenters. The Morgan fingerprint density at radius 3 is 2.59 bits per heavy atom. The maximum absolute atomic E-state index is 14.4. The van der Waals surface area contributed by atoms with Gasteiger partial charge in [0, 0.05) is 18.2 Å². The molecule has 2 heterocycles. The molecular weight excluding hydrogens is 521 g/mol. The molecule has 1 aliphatic carbocycles. The molecule has 0 unspecified atom stereocenters. The van der Waals surface area contributed by atoms with E-state index >= 15 is 0 Å². The van der Waals surface area contributed by atoms with Crippen molar-refractivity contribution in [3.8, 4) is 17.0 Å². The minimum Gasteiger partial charge on any atom is -0.493 e. The Labute approximate surface area is 228 Å². The fourth-order valence-corrected chi connectivity index (χ4v) is 5.38. The number of ether oxygens (including phenoxy) is 1. The van der Waals surface area contributed by atoms with Crippen molar-refractivity contribution in [2.24, 2.45) is 11.8 Å². The first-order valence-corrected chi connectivity index (χ1v) is 14.6. The number of amides is 1. The molecule has 4 rings (SSSR count). The van der Waals surface area contributed by atoms with E-state index in [1.807, 2.05) is 13.8 Å². The van der Waals surface area contributed by atoms with Crippen LogP contribution in [0.15, 0.2) is 53.6 Å². The number of carbonyl (C=O) groups excluding carboxylic acids is 1. The van der Waals surface area contributed by atoms with Crippen LogP contribution in [0.25, 0.3) is 11.3 Å². The Morgan fingerprint density at radius 2 is 1.87 bits per heavy atom. The molecule has 0 saturated heterocycles. The zero-order chi connectivity index (χ0) is 28.0. The van der Waals surface area contributed by atoms with Gasteiger partial charge in [0.05, 0.1) is 17.9 Å². The first-order chi connectivity index (χ1) is 18.6. The van der Waals surface area contributed by atoms with Crippen LogP contribution in [0.4, 0.5) is 16.0 Å². The summed E-state index contributed by atoms with van der Waals surface area (Å²) in [4.78, 5) is 21.6. The predicted molar refractivity (Wildman–Crippen MR) is 148 cm³/mol. The molecule has 3 aromatic rings. The molecule has 1 amide bonds. The maximum atomic E-state index is 14.4. The summed E-state index contributed by atoms with van der Waals surface area (Å²) in [5.74, 6) is -0.0810. The molecule has 1 aliphatic rings. The van der Waals surface area contributed by atoms with Gasteiger partial charge in [0.2, 0.25) is 0 Å². The first-order valence-electron chi connectivity index (χ1n) is 13.1. The van der Waals surface area contributed by atoms with Crippen molar-refractivity contribution in [2.75, 3.05) is 24.2 Å². The van der Waals surface area contributed by atoms with E-state index in [0.29, 0.717) is 36.1 Å². The number of aromatic nitrogens is 2. The Morgan fingerprint density at radius 1 is 1.10 bits per heavy atom. The minimum atomic E-state index is -4.28. The van der Waals surface area contributed by atoms with Gasteiger partial charge in [-0.15, -0.1) is 0 Å². The van der Waals surface area contributed by atoms with Gasteiger partial charge in [-0.2, -0.15) is 8.42 Å². The number of halogens is 1. The predicted octanol–water partition coefficient (Wildman–Crippen LogP) is 5.01. The lowest BCUT2D eigenvalue weighted by molar-refractivity contribution is 0.0981. The molecule has 0 radical (unpaired) electrons. The zero-order valence-electron chi connectivity index (χ0n) is 22.1. The number of rotatable bonds is 10. The highest BCUT2D eigenvalue weighted by Gasteiger charge is 2.24. The summed E-state index contributed by atoms with van der Waals surface area (Å²) in [5.41, 5.74) is 6.53. The third kappa shape index (κ3) is 7.66. The molecule has 1 saturated carbocycles. The number of hydrogen-bond acceptors (Lipinski definition) is 8. The van der Waals surface area contributed by atoms with E-state index in [2.05, 4.69) is 20.0 Å². The molecule has 1 fully saturated rings. The molecule has 2 aromatic heterocycles. The summed E-state index contributed by atoms with van der Waals surface area (Å²) in [5, 5.41) is 2.88. The zero-order valence-corrected chi connectivity index (χ0v) is 22.9. The van der Waals surface area contributed by atoms with Gasteiger partial charge in [-0.05, 0) is 61.1 Å². The molecule has 9 nitrogen and oxygen atoms in total. The van der Waals surface area contributed by atoms with Crippen molar-refractivity contribution < 1.29 is 22.3 Å². The smallest absolute Gasteiger partial charge is 0.281 e. The van der Waals surface area contributed by atoms with Gasteiger partial charge in [-0.3, -0.25) is 4.79 Å². The molecule has 1 aromatic carbocycles. The third-order valence-corrected chi connectivity index (χ3v) is 7.65. The Hall–Kier alpha value is -3.73. The summed E-state index contributed by atoms with van der Waals surface area (Å²) in [7, 11) is -4.28. The van der Waals surface area contributed by atoms with Crippen LogP contribution in [-0.4, -0.2) is 37.4 Å². The second-order valence-corrected chi connectivity index (χ2v) is 11.8. The number of nitrogens with zero attached hydrogens (tertiary/aromatic N) is 2. The summed E-state index contributed by atoms with van der Waals surface area (Å²) in [6.45, 7) is 5.00. The van der Waals surface area contributed by atoms with E-state index in [0.717, 1.165) is 25.7 Å². The van der Waals surface area contributed by atoms with Crippen LogP contribution in [0, 0.1) is 17.7 Å². The molecule has 0 spiro atoms. The fourth-order valence-electron chi connectivity index (χ4n) is 4.44. The van der Waals surface area contributed by atoms with Crippen LogP contribution in [0.5, 0.6) is 5.75 Å². The molecule has 11 heteroatoms. The normalized spacial score (nSPS) is 14.3. The second kappa shape index (κ2) is 12.4. The monoisotopic (exact) mass is 555 g/mol. The first kappa shape index (κ1) is 28.3. The van der Waals surface area contributed by atoms with Crippen LogP contribution >= 0.6 is 0 Å². The van der Waals surface area contributed by atoms with Crippen LogP contribution in [-0.2, 0) is 10.0 Å². The van der Waals surface area contributed by atoms with E-state index in [4.69, 9.17) is 10.5 Å². The molecule has 4 N–H and O–H groups in total.